The Labute approximate surface area is 122 Å². The lowest BCUT2D eigenvalue weighted by Gasteiger charge is -2.35. The average molecular weight is 296 g/mol. The van der Waals surface area contributed by atoms with Gasteiger partial charge in [0.1, 0.15) is 5.82 Å². The van der Waals surface area contributed by atoms with Crippen molar-refractivity contribution in [3.8, 4) is 0 Å². The minimum Gasteiger partial charge on any atom is -0.394 e. The quantitative estimate of drug-likeness (QED) is 0.596. The number of rotatable bonds is 6. The van der Waals surface area contributed by atoms with Crippen molar-refractivity contribution in [1.82, 2.24) is 4.98 Å². The van der Waals surface area contributed by atoms with Gasteiger partial charge >= 0.3 is 5.69 Å². The van der Waals surface area contributed by atoms with Crippen LogP contribution in [0.1, 0.15) is 13.3 Å². The molecule has 1 fully saturated rings. The van der Waals surface area contributed by atoms with Gasteiger partial charge in [-0.1, -0.05) is 6.92 Å². The minimum absolute atomic E-state index is 0.0580. The summed E-state index contributed by atoms with van der Waals surface area (Å²) in [5, 5.41) is 23.8. The summed E-state index contributed by atoms with van der Waals surface area (Å²) in [4.78, 5) is 16.9. The fourth-order valence-corrected chi connectivity index (χ4v) is 2.23. The maximum atomic E-state index is 11.2. The number of aliphatic hydroxyl groups excluding tert-OH is 1. The Hall–Kier alpha value is -1.93. The van der Waals surface area contributed by atoms with Crippen molar-refractivity contribution < 1.29 is 14.8 Å². The zero-order chi connectivity index (χ0) is 15.2. The molecule has 1 aromatic heterocycles. The monoisotopic (exact) mass is 296 g/mol. The molecule has 116 valence electrons. The van der Waals surface area contributed by atoms with Crippen molar-refractivity contribution in [1.29, 1.82) is 0 Å². The van der Waals surface area contributed by atoms with Gasteiger partial charge in [-0.05, 0) is 12.5 Å². The molecule has 1 atom stereocenters. The molecule has 0 saturated carbocycles. The Morgan fingerprint density at radius 2 is 2.43 bits per heavy atom. The summed E-state index contributed by atoms with van der Waals surface area (Å²) in [7, 11) is 0. The number of hydrogen-bond acceptors (Lipinski definition) is 7. The largest absolute Gasteiger partial charge is 0.394 e. The molecule has 2 rings (SSSR count). The molecule has 2 N–H and O–H groups in total. The highest BCUT2D eigenvalue weighted by Gasteiger charge is 2.29. The van der Waals surface area contributed by atoms with Gasteiger partial charge in [0.05, 0.1) is 30.8 Å². The molecule has 21 heavy (non-hydrogen) atoms. The second kappa shape index (κ2) is 7.19. The molecule has 1 aromatic rings. The summed E-state index contributed by atoms with van der Waals surface area (Å²) >= 11 is 0. The topological polar surface area (TPSA) is 101 Å². The molecule has 0 amide bonds. The first-order valence-corrected chi connectivity index (χ1v) is 7.02. The predicted molar refractivity (Wildman–Crippen MR) is 78.7 cm³/mol. The van der Waals surface area contributed by atoms with Gasteiger partial charge in [-0.25, -0.2) is 4.98 Å². The van der Waals surface area contributed by atoms with Crippen molar-refractivity contribution >= 4 is 17.3 Å². The summed E-state index contributed by atoms with van der Waals surface area (Å²) in [5.41, 5.74) is -0.0580. The van der Waals surface area contributed by atoms with E-state index in [4.69, 9.17) is 4.74 Å². The summed E-state index contributed by atoms with van der Waals surface area (Å²) in [6.45, 7) is 3.91. The van der Waals surface area contributed by atoms with E-state index in [-0.39, 0.29) is 24.2 Å². The van der Waals surface area contributed by atoms with Crippen molar-refractivity contribution in [3.63, 3.8) is 0 Å². The molecule has 0 aromatic carbocycles. The third kappa shape index (κ3) is 3.59. The molecule has 8 heteroatoms. The zero-order valence-electron chi connectivity index (χ0n) is 12.0. The number of nitrogens with one attached hydrogen (secondary N) is 1. The number of nitro groups is 1. The van der Waals surface area contributed by atoms with Crippen LogP contribution < -0.4 is 10.2 Å². The summed E-state index contributed by atoms with van der Waals surface area (Å²) in [5.74, 6) is 0.879. The van der Waals surface area contributed by atoms with E-state index in [0.29, 0.717) is 25.6 Å². The highest BCUT2D eigenvalue weighted by atomic mass is 16.6. The van der Waals surface area contributed by atoms with E-state index < -0.39 is 4.92 Å². The van der Waals surface area contributed by atoms with E-state index >= 15 is 0 Å². The number of aliphatic hydroxyl groups is 1. The van der Waals surface area contributed by atoms with E-state index in [9.17, 15) is 15.2 Å². The number of ether oxygens (including phenoxy) is 1. The van der Waals surface area contributed by atoms with Crippen LogP contribution in [0.5, 0.6) is 0 Å². The van der Waals surface area contributed by atoms with Crippen LogP contribution in [0.15, 0.2) is 12.1 Å². The zero-order valence-corrected chi connectivity index (χ0v) is 12.0. The van der Waals surface area contributed by atoms with Gasteiger partial charge in [-0.2, -0.15) is 0 Å². The van der Waals surface area contributed by atoms with Gasteiger partial charge < -0.3 is 20.1 Å². The molecule has 0 spiro atoms. The van der Waals surface area contributed by atoms with Gasteiger partial charge in [0, 0.05) is 19.2 Å². The van der Waals surface area contributed by atoms with Crippen molar-refractivity contribution in [2.45, 2.75) is 19.4 Å². The lowest BCUT2D eigenvalue weighted by atomic mass is 10.2. The molecule has 0 bridgehead atoms. The maximum Gasteiger partial charge on any atom is 0.311 e. The number of pyridine rings is 1. The Balaban J connectivity index is 2.34. The Kier molecular flexibility index (Phi) is 5.29. The number of hydrogen-bond donors (Lipinski definition) is 2. The van der Waals surface area contributed by atoms with Gasteiger partial charge in [0.2, 0.25) is 5.82 Å². The molecular formula is C13H20N4O4. The number of nitrogens with zero attached hydrogens (tertiary/aromatic N) is 3. The van der Waals surface area contributed by atoms with Crippen molar-refractivity contribution in [2.75, 3.05) is 43.1 Å². The average Bonchev–Trinajstić information content (AvgIpc) is 2.52. The van der Waals surface area contributed by atoms with Gasteiger partial charge in [0.15, 0.2) is 0 Å². The SMILES string of the molecule is CCCNc1ccc([N+](=O)[O-])c(N2CCOCC2CO)n1. The van der Waals surface area contributed by atoms with Crippen molar-refractivity contribution in [3.05, 3.63) is 22.2 Å². The normalized spacial score (nSPS) is 18.6. The lowest BCUT2D eigenvalue weighted by Crippen LogP contribution is -2.48. The number of anilines is 2. The van der Waals surface area contributed by atoms with E-state index in [1.807, 2.05) is 6.92 Å². The first-order valence-electron chi connectivity index (χ1n) is 7.02. The van der Waals surface area contributed by atoms with Crippen LogP contribution in [0, 0.1) is 10.1 Å². The minimum atomic E-state index is -0.449. The van der Waals surface area contributed by atoms with E-state index in [0.717, 1.165) is 13.0 Å². The van der Waals surface area contributed by atoms with E-state index in [2.05, 4.69) is 10.3 Å². The van der Waals surface area contributed by atoms with Crippen LogP contribution >= 0.6 is 0 Å². The van der Waals surface area contributed by atoms with Crippen molar-refractivity contribution in [2.24, 2.45) is 0 Å². The molecule has 0 radical (unpaired) electrons. The molecule has 1 saturated heterocycles. The fourth-order valence-electron chi connectivity index (χ4n) is 2.23. The molecule has 0 aliphatic carbocycles. The first-order chi connectivity index (χ1) is 10.2. The van der Waals surface area contributed by atoms with Gasteiger partial charge in [-0.15, -0.1) is 0 Å². The summed E-state index contributed by atoms with van der Waals surface area (Å²) < 4.78 is 5.31. The molecule has 1 aliphatic heterocycles. The molecule has 2 heterocycles. The smallest absolute Gasteiger partial charge is 0.311 e. The Bertz CT molecular complexity index is 497. The predicted octanol–water partition coefficient (Wildman–Crippen LogP) is 1.01. The van der Waals surface area contributed by atoms with Gasteiger partial charge in [0.25, 0.3) is 0 Å². The fraction of sp³-hybridized carbons (Fsp3) is 0.615. The van der Waals surface area contributed by atoms with Crippen LogP contribution in [0.25, 0.3) is 0 Å². The van der Waals surface area contributed by atoms with Crippen LogP contribution in [-0.4, -0.2) is 54.0 Å². The Morgan fingerprint density at radius 3 is 3.10 bits per heavy atom. The molecular weight excluding hydrogens is 276 g/mol. The molecule has 8 nitrogen and oxygen atoms in total. The molecule has 1 unspecified atom stereocenters. The lowest BCUT2D eigenvalue weighted by molar-refractivity contribution is -0.384. The first kappa shape index (κ1) is 15.5. The van der Waals surface area contributed by atoms with E-state index in [1.165, 1.54) is 6.07 Å². The van der Waals surface area contributed by atoms with Crippen LogP contribution in [0.4, 0.5) is 17.3 Å². The van der Waals surface area contributed by atoms with Crippen LogP contribution in [0.2, 0.25) is 0 Å². The standard InChI is InChI=1S/C13H20N4O4/c1-2-5-14-12-4-3-11(17(19)20)13(15-12)16-6-7-21-9-10(16)8-18/h3-4,10,18H,2,5-9H2,1H3,(H,14,15). The summed E-state index contributed by atoms with van der Waals surface area (Å²) in [6.07, 6.45) is 0.935. The molecule has 1 aliphatic rings. The second-order valence-electron chi connectivity index (χ2n) is 4.83. The highest BCUT2D eigenvalue weighted by Crippen LogP contribution is 2.30. The van der Waals surface area contributed by atoms with Gasteiger partial charge in [-0.3, -0.25) is 10.1 Å². The summed E-state index contributed by atoms with van der Waals surface area (Å²) in [6, 6.07) is 2.74. The number of morpholine rings is 1. The third-order valence-electron chi connectivity index (χ3n) is 3.32. The second-order valence-corrected chi connectivity index (χ2v) is 4.83. The number of aromatic nitrogens is 1. The highest BCUT2D eigenvalue weighted by molar-refractivity contribution is 5.62. The van der Waals surface area contributed by atoms with Crippen LogP contribution in [0.3, 0.4) is 0 Å². The van der Waals surface area contributed by atoms with Crippen LogP contribution in [-0.2, 0) is 4.74 Å². The Morgan fingerprint density at radius 1 is 1.62 bits per heavy atom. The maximum absolute atomic E-state index is 11.2. The third-order valence-corrected chi connectivity index (χ3v) is 3.32. The van der Waals surface area contributed by atoms with E-state index in [1.54, 1.807) is 11.0 Å².